The number of esters is 1. The van der Waals surface area contributed by atoms with Gasteiger partial charge >= 0.3 is 5.97 Å². The minimum absolute atomic E-state index is 0.0835. The van der Waals surface area contributed by atoms with Crippen molar-refractivity contribution in [3.8, 4) is 0 Å². The molecule has 1 N–H and O–H groups in total. The van der Waals surface area contributed by atoms with Crippen LogP contribution in [0.25, 0.3) is 0 Å². The van der Waals surface area contributed by atoms with E-state index >= 15 is 0 Å². The van der Waals surface area contributed by atoms with Crippen molar-refractivity contribution in [3.05, 3.63) is 106 Å². The van der Waals surface area contributed by atoms with Crippen LogP contribution in [0.5, 0.6) is 0 Å². The monoisotopic (exact) mass is 432 g/mol. The third kappa shape index (κ3) is 4.86. The second-order valence-electron chi connectivity index (χ2n) is 7.88. The molecule has 1 heterocycles. The van der Waals surface area contributed by atoms with Gasteiger partial charge in [0.1, 0.15) is 5.82 Å². The van der Waals surface area contributed by atoms with Crippen molar-refractivity contribution in [1.29, 1.82) is 0 Å². The molecule has 3 aromatic carbocycles. The predicted molar refractivity (Wildman–Crippen MR) is 119 cm³/mol. The Morgan fingerprint density at radius 3 is 2.38 bits per heavy atom. The first-order chi connectivity index (χ1) is 15.5. The van der Waals surface area contributed by atoms with E-state index in [0.29, 0.717) is 30.6 Å². The minimum atomic E-state index is -0.416. The molecule has 0 saturated carbocycles. The second kappa shape index (κ2) is 9.75. The number of methoxy groups -OCH3 is 1. The third-order valence-corrected chi connectivity index (χ3v) is 5.76. The lowest BCUT2D eigenvalue weighted by atomic mass is 9.95. The van der Waals surface area contributed by atoms with Crippen LogP contribution in [0.15, 0.2) is 72.8 Å². The SMILES string of the molecule is COC(=O)c1ccc(CN(Cc2ccccc2F)C(=O)[C@@H]2Cc3ccccc3CN2)cc1. The van der Waals surface area contributed by atoms with Crippen molar-refractivity contribution in [2.75, 3.05) is 7.11 Å². The predicted octanol–water partition coefficient (Wildman–Crippen LogP) is 3.86. The van der Waals surface area contributed by atoms with Crippen LogP contribution in [0.2, 0.25) is 0 Å². The van der Waals surface area contributed by atoms with Gasteiger partial charge in [-0.3, -0.25) is 4.79 Å². The third-order valence-electron chi connectivity index (χ3n) is 5.76. The Balaban J connectivity index is 1.57. The first-order valence-electron chi connectivity index (χ1n) is 10.5. The zero-order valence-electron chi connectivity index (χ0n) is 17.9. The van der Waals surface area contributed by atoms with E-state index in [2.05, 4.69) is 11.4 Å². The van der Waals surface area contributed by atoms with Crippen LogP contribution in [0.4, 0.5) is 4.39 Å². The number of amides is 1. The highest BCUT2D eigenvalue weighted by molar-refractivity contribution is 5.89. The first kappa shape index (κ1) is 21.7. The summed E-state index contributed by atoms with van der Waals surface area (Å²) in [4.78, 5) is 26.9. The standard InChI is InChI=1S/C26H25FN2O3/c1-32-26(31)19-12-10-18(11-13-19)16-29(17-22-8-4-5-9-23(22)27)25(30)24-14-20-6-2-3-7-21(20)15-28-24/h2-13,24,28H,14-17H2,1H3/t24-/m0/s1. The van der Waals surface area contributed by atoms with Crippen molar-refractivity contribution in [2.24, 2.45) is 0 Å². The maximum absolute atomic E-state index is 14.4. The first-order valence-corrected chi connectivity index (χ1v) is 10.5. The van der Waals surface area contributed by atoms with Crippen molar-refractivity contribution in [3.63, 3.8) is 0 Å². The van der Waals surface area contributed by atoms with Gasteiger partial charge in [0.2, 0.25) is 5.91 Å². The van der Waals surface area contributed by atoms with E-state index in [4.69, 9.17) is 4.74 Å². The van der Waals surface area contributed by atoms with E-state index < -0.39 is 5.97 Å². The second-order valence-corrected chi connectivity index (χ2v) is 7.88. The molecule has 0 saturated heterocycles. The maximum Gasteiger partial charge on any atom is 0.337 e. The molecule has 0 unspecified atom stereocenters. The highest BCUT2D eigenvalue weighted by atomic mass is 19.1. The summed E-state index contributed by atoms with van der Waals surface area (Å²) in [6.07, 6.45) is 0.587. The summed E-state index contributed by atoms with van der Waals surface area (Å²) in [6, 6.07) is 21.1. The summed E-state index contributed by atoms with van der Waals surface area (Å²) in [7, 11) is 1.33. The van der Waals surface area contributed by atoms with Crippen molar-refractivity contribution < 1.29 is 18.7 Å². The number of hydrogen-bond donors (Lipinski definition) is 1. The van der Waals surface area contributed by atoms with Crippen LogP contribution in [0.3, 0.4) is 0 Å². The molecular formula is C26H25FN2O3. The Morgan fingerprint density at radius 2 is 1.66 bits per heavy atom. The molecule has 0 fully saturated rings. The minimum Gasteiger partial charge on any atom is -0.465 e. The van der Waals surface area contributed by atoms with E-state index in [1.807, 2.05) is 18.2 Å². The number of benzene rings is 3. The van der Waals surface area contributed by atoms with Gasteiger partial charge in [-0.2, -0.15) is 0 Å². The van der Waals surface area contributed by atoms with E-state index in [-0.39, 0.29) is 24.3 Å². The Labute approximate surface area is 186 Å². The van der Waals surface area contributed by atoms with Gasteiger partial charge in [-0.1, -0.05) is 54.6 Å². The summed E-state index contributed by atoms with van der Waals surface area (Å²) in [6.45, 7) is 1.08. The number of hydrogen-bond acceptors (Lipinski definition) is 4. The molecule has 1 atom stereocenters. The van der Waals surface area contributed by atoms with Gasteiger partial charge in [0.15, 0.2) is 0 Å². The molecular weight excluding hydrogens is 407 g/mol. The quantitative estimate of drug-likeness (QED) is 0.601. The number of fused-ring (bicyclic) bond motifs is 1. The molecule has 0 radical (unpaired) electrons. The fourth-order valence-electron chi connectivity index (χ4n) is 3.98. The highest BCUT2D eigenvalue weighted by Gasteiger charge is 2.28. The number of carbonyl (C=O) groups excluding carboxylic acids is 2. The smallest absolute Gasteiger partial charge is 0.337 e. The molecule has 6 heteroatoms. The molecule has 0 spiro atoms. The molecule has 32 heavy (non-hydrogen) atoms. The molecule has 4 rings (SSSR count). The van der Waals surface area contributed by atoms with Crippen LogP contribution < -0.4 is 5.32 Å². The zero-order valence-corrected chi connectivity index (χ0v) is 17.9. The number of rotatable bonds is 6. The van der Waals surface area contributed by atoms with E-state index in [9.17, 15) is 14.0 Å². The zero-order chi connectivity index (χ0) is 22.5. The maximum atomic E-state index is 14.4. The largest absolute Gasteiger partial charge is 0.465 e. The molecule has 164 valence electrons. The van der Waals surface area contributed by atoms with E-state index in [1.165, 1.54) is 18.7 Å². The summed E-state index contributed by atoms with van der Waals surface area (Å²) < 4.78 is 19.1. The lowest BCUT2D eigenvalue weighted by Gasteiger charge is -2.31. The number of nitrogens with zero attached hydrogens (tertiary/aromatic N) is 1. The average molecular weight is 432 g/mol. The molecule has 0 aromatic heterocycles. The Kier molecular flexibility index (Phi) is 6.61. The van der Waals surface area contributed by atoms with Gasteiger partial charge in [0, 0.05) is 25.2 Å². The van der Waals surface area contributed by atoms with Crippen LogP contribution >= 0.6 is 0 Å². The van der Waals surface area contributed by atoms with Crippen LogP contribution in [-0.4, -0.2) is 29.9 Å². The number of halogens is 1. The van der Waals surface area contributed by atoms with Crippen molar-refractivity contribution in [2.45, 2.75) is 32.1 Å². The van der Waals surface area contributed by atoms with Gasteiger partial charge in [-0.25, -0.2) is 9.18 Å². The summed E-state index contributed by atoms with van der Waals surface area (Å²) in [5.74, 6) is -0.839. The Morgan fingerprint density at radius 1 is 0.969 bits per heavy atom. The van der Waals surface area contributed by atoms with E-state index in [1.54, 1.807) is 47.4 Å². The Hall–Kier alpha value is -3.51. The highest BCUT2D eigenvalue weighted by Crippen LogP contribution is 2.20. The average Bonchev–Trinajstić information content (AvgIpc) is 2.84. The van der Waals surface area contributed by atoms with Crippen LogP contribution in [0, 0.1) is 5.82 Å². The molecule has 0 bridgehead atoms. The fraction of sp³-hybridized carbons (Fsp3) is 0.231. The molecule has 5 nitrogen and oxygen atoms in total. The number of carbonyl (C=O) groups is 2. The topological polar surface area (TPSA) is 58.6 Å². The molecule has 1 aliphatic heterocycles. The molecule has 1 aliphatic rings. The van der Waals surface area contributed by atoms with E-state index in [0.717, 1.165) is 11.1 Å². The van der Waals surface area contributed by atoms with Gasteiger partial charge in [0.05, 0.1) is 18.7 Å². The lowest BCUT2D eigenvalue weighted by molar-refractivity contribution is -0.135. The molecule has 1 amide bonds. The van der Waals surface area contributed by atoms with Crippen molar-refractivity contribution >= 4 is 11.9 Å². The van der Waals surface area contributed by atoms with Gasteiger partial charge < -0.3 is 15.0 Å². The van der Waals surface area contributed by atoms with Gasteiger partial charge in [-0.05, 0) is 41.3 Å². The molecule has 0 aliphatic carbocycles. The van der Waals surface area contributed by atoms with Gasteiger partial charge in [0.25, 0.3) is 0 Å². The van der Waals surface area contributed by atoms with Crippen molar-refractivity contribution in [1.82, 2.24) is 10.2 Å². The normalized spacial score (nSPS) is 15.0. The van der Waals surface area contributed by atoms with Crippen LogP contribution in [0.1, 0.15) is 32.6 Å². The van der Waals surface area contributed by atoms with Gasteiger partial charge in [-0.15, -0.1) is 0 Å². The summed E-state index contributed by atoms with van der Waals surface area (Å²) in [5.41, 5.74) is 4.09. The van der Waals surface area contributed by atoms with Crippen LogP contribution in [-0.2, 0) is 35.6 Å². The summed E-state index contributed by atoms with van der Waals surface area (Å²) in [5, 5.41) is 3.33. The number of ether oxygens (including phenoxy) is 1. The summed E-state index contributed by atoms with van der Waals surface area (Å²) >= 11 is 0. The fourth-order valence-corrected chi connectivity index (χ4v) is 3.98. The lowest BCUT2D eigenvalue weighted by Crippen LogP contribution is -2.49. The molecule has 3 aromatic rings. The number of nitrogens with one attached hydrogen (secondary N) is 1. The Bertz CT molecular complexity index is 1110.